The molecule has 0 unspecified atom stereocenters. The van der Waals surface area contributed by atoms with Gasteiger partial charge in [0.2, 0.25) is 0 Å². The summed E-state index contributed by atoms with van der Waals surface area (Å²) in [4.78, 5) is 0. The Balaban J connectivity index is 2.76. The minimum atomic E-state index is -3.13. The lowest BCUT2D eigenvalue weighted by Crippen LogP contribution is -2.10. The molecule has 1 N–H and O–H groups in total. The minimum absolute atomic E-state index is 0.158. The zero-order valence-corrected chi connectivity index (χ0v) is 7.89. The molecule has 1 heterocycles. The molecular weight excluding hydrogens is 188 g/mol. The number of aliphatic hydroxyl groups excluding tert-OH is 1. The van der Waals surface area contributed by atoms with Crippen molar-refractivity contribution in [2.75, 3.05) is 11.5 Å². The van der Waals surface area contributed by atoms with Gasteiger partial charge < -0.3 is 5.11 Å². The van der Waals surface area contributed by atoms with E-state index < -0.39 is 15.9 Å². The van der Waals surface area contributed by atoms with Crippen LogP contribution in [0.3, 0.4) is 0 Å². The Labute approximate surface area is 78.1 Å². The first-order chi connectivity index (χ1) is 6.10. The normalized spacial score (nSPS) is 21.9. The van der Waals surface area contributed by atoms with Crippen LogP contribution in [0.25, 0.3) is 0 Å². The van der Waals surface area contributed by atoms with Gasteiger partial charge in [0.1, 0.15) is 11.5 Å². The van der Waals surface area contributed by atoms with Gasteiger partial charge in [-0.3, -0.25) is 0 Å². The van der Waals surface area contributed by atoms with Gasteiger partial charge in [-0.1, -0.05) is 23.7 Å². The summed E-state index contributed by atoms with van der Waals surface area (Å²) in [5.41, 5.74) is 0. The van der Waals surface area contributed by atoms with Crippen LogP contribution in [-0.4, -0.2) is 31.1 Å². The molecule has 1 aliphatic rings. The lowest BCUT2D eigenvalue weighted by molar-refractivity contribution is 0.186. The third-order valence-electron chi connectivity index (χ3n) is 1.51. The molecular formula is C9H10O3S. The molecule has 0 saturated carbocycles. The van der Waals surface area contributed by atoms with E-state index in [1.807, 2.05) is 0 Å². The molecule has 1 aliphatic heterocycles. The summed E-state index contributed by atoms with van der Waals surface area (Å²) < 4.78 is 22.2. The van der Waals surface area contributed by atoms with Gasteiger partial charge in [0.05, 0.1) is 6.10 Å². The van der Waals surface area contributed by atoms with E-state index in [9.17, 15) is 13.5 Å². The Morgan fingerprint density at radius 3 is 1.92 bits per heavy atom. The van der Waals surface area contributed by atoms with Gasteiger partial charge in [-0.25, -0.2) is 8.42 Å². The van der Waals surface area contributed by atoms with Crippen molar-refractivity contribution in [1.29, 1.82) is 0 Å². The van der Waals surface area contributed by atoms with E-state index in [0.29, 0.717) is 12.8 Å². The maximum absolute atomic E-state index is 11.1. The molecule has 0 saturated heterocycles. The molecule has 0 aromatic carbocycles. The standard InChI is InChI=1S/C9H10O3S/c10-9-5-1-3-7-13(11,12)8-4-2-6-9/h9-10H,5-8H2. The van der Waals surface area contributed by atoms with Gasteiger partial charge >= 0.3 is 0 Å². The molecule has 0 bridgehead atoms. The van der Waals surface area contributed by atoms with Crippen molar-refractivity contribution in [3.63, 3.8) is 0 Å². The first kappa shape index (κ1) is 10.1. The van der Waals surface area contributed by atoms with Crippen LogP contribution in [0.15, 0.2) is 0 Å². The molecule has 1 rings (SSSR count). The molecule has 0 aromatic rings. The van der Waals surface area contributed by atoms with Crippen LogP contribution in [0.4, 0.5) is 0 Å². The fourth-order valence-corrected chi connectivity index (χ4v) is 1.57. The predicted octanol–water partition coefficient (Wildman–Crippen LogP) is -0.437. The molecule has 4 heteroatoms. The van der Waals surface area contributed by atoms with Crippen molar-refractivity contribution in [2.24, 2.45) is 0 Å². The van der Waals surface area contributed by atoms with Gasteiger partial charge in [-0.2, -0.15) is 0 Å². The van der Waals surface area contributed by atoms with Gasteiger partial charge in [0, 0.05) is 12.8 Å². The molecule has 0 aromatic heterocycles. The highest BCUT2D eigenvalue weighted by molar-refractivity contribution is 7.91. The maximum atomic E-state index is 11.1. The van der Waals surface area contributed by atoms with Crippen LogP contribution in [0.2, 0.25) is 0 Å². The van der Waals surface area contributed by atoms with Crippen molar-refractivity contribution >= 4 is 9.84 Å². The van der Waals surface area contributed by atoms with E-state index in [4.69, 9.17) is 0 Å². The molecule has 0 spiro atoms. The monoisotopic (exact) mass is 198 g/mol. The van der Waals surface area contributed by atoms with Crippen LogP contribution < -0.4 is 0 Å². The molecule has 13 heavy (non-hydrogen) atoms. The molecule has 0 amide bonds. The smallest absolute Gasteiger partial charge is 0.172 e. The zero-order chi connectivity index (χ0) is 9.73. The highest BCUT2D eigenvalue weighted by Crippen LogP contribution is 1.97. The second kappa shape index (κ2) is 4.32. The summed E-state index contributed by atoms with van der Waals surface area (Å²) in [5.74, 6) is 9.93. The van der Waals surface area contributed by atoms with Gasteiger partial charge in [0.15, 0.2) is 9.84 Å². The lowest BCUT2D eigenvalue weighted by atomic mass is 10.2. The van der Waals surface area contributed by atoms with E-state index >= 15 is 0 Å². The molecule has 0 aliphatic carbocycles. The van der Waals surface area contributed by atoms with Crippen LogP contribution in [-0.2, 0) is 9.84 Å². The highest BCUT2D eigenvalue weighted by atomic mass is 32.2. The van der Waals surface area contributed by atoms with Crippen molar-refractivity contribution < 1.29 is 13.5 Å². The summed E-state index contributed by atoms with van der Waals surface area (Å²) in [5, 5.41) is 9.21. The van der Waals surface area contributed by atoms with Crippen LogP contribution in [0, 0.1) is 23.7 Å². The molecule has 0 radical (unpaired) electrons. The van der Waals surface area contributed by atoms with Gasteiger partial charge in [0.25, 0.3) is 0 Å². The van der Waals surface area contributed by atoms with Gasteiger partial charge in [-0.15, -0.1) is 0 Å². The molecule has 0 fully saturated rings. The van der Waals surface area contributed by atoms with E-state index in [1.165, 1.54) is 0 Å². The fraction of sp³-hybridized carbons (Fsp3) is 0.556. The van der Waals surface area contributed by atoms with E-state index in [1.54, 1.807) is 0 Å². The number of aliphatic hydroxyl groups is 1. The predicted molar refractivity (Wildman–Crippen MR) is 49.4 cm³/mol. The van der Waals surface area contributed by atoms with Crippen molar-refractivity contribution in [3.05, 3.63) is 0 Å². The summed E-state index contributed by atoms with van der Waals surface area (Å²) in [6.45, 7) is 0. The lowest BCUT2D eigenvalue weighted by Gasteiger charge is -2.01. The average Bonchev–Trinajstić information content (AvgIpc) is 2.06. The summed E-state index contributed by atoms with van der Waals surface area (Å²) in [7, 11) is -3.13. The van der Waals surface area contributed by atoms with Crippen LogP contribution >= 0.6 is 0 Å². The largest absolute Gasteiger partial charge is 0.391 e. The Hall–Kier alpha value is -0.970. The maximum Gasteiger partial charge on any atom is 0.172 e. The molecule has 70 valence electrons. The zero-order valence-electron chi connectivity index (χ0n) is 7.08. The highest BCUT2D eigenvalue weighted by Gasteiger charge is 2.07. The van der Waals surface area contributed by atoms with Crippen molar-refractivity contribution in [2.45, 2.75) is 18.9 Å². The first-order valence-electron chi connectivity index (χ1n) is 3.90. The second-order valence-corrected chi connectivity index (χ2v) is 4.87. The molecule has 3 nitrogen and oxygen atoms in total. The molecule has 0 atom stereocenters. The van der Waals surface area contributed by atoms with Crippen LogP contribution in [0.5, 0.6) is 0 Å². The summed E-state index contributed by atoms with van der Waals surface area (Å²) in [6.07, 6.45) is 0.0369. The second-order valence-electron chi connectivity index (χ2n) is 2.80. The SMILES string of the molecule is O=S1(=O)CC#CCC(O)CC#CC1. The average molecular weight is 198 g/mol. The topological polar surface area (TPSA) is 54.4 Å². The third-order valence-corrected chi connectivity index (χ3v) is 2.68. The van der Waals surface area contributed by atoms with E-state index in [0.717, 1.165) is 0 Å². The fourth-order valence-electron chi connectivity index (χ4n) is 0.825. The summed E-state index contributed by atoms with van der Waals surface area (Å²) >= 11 is 0. The quantitative estimate of drug-likeness (QED) is 0.537. The minimum Gasteiger partial charge on any atom is -0.391 e. The Morgan fingerprint density at radius 2 is 1.46 bits per heavy atom. The van der Waals surface area contributed by atoms with E-state index in [-0.39, 0.29) is 11.5 Å². The number of hydrogen-bond acceptors (Lipinski definition) is 3. The Morgan fingerprint density at radius 1 is 1.00 bits per heavy atom. The van der Waals surface area contributed by atoms with Crippen LogP contribution in [0.1, 0.15) is 12.8 Å². The van der Waals surface area contributed by atoms with E-state index in [2.05, 4.69) is 23.7 Å². The summed E-state index contributed by atoms with van der Waals surface area (Å²) in [6, 6.07) is 0. The Bertz CT molecular complexity index is 354. The van der Waals surface area contributed by atoms with Crippen molar-refractivity contribution in [3.8, 4) is 23.7 Å². The number of sulfone groups is 1. The number of hydrogen-bond donors (Lipinski definition) is 1. The number of rotatable bonds is 0. The third kappa shape index (κ3) is 3.98. The first-order valence-corrected chi connectivity index (χ1v) is 5.72. The Kier molecular flexibility index (Phi) is 3.36. The van der Waals surface area contributed by atoms with Gasteiger partial charge in [-0.05, 0) is 0 Å². The van der Waals surface area contributed by atoms with Crippen molar-refractivity contribution in [1.82, 2.24) is 0 Å².